The summed E-state index contributed by atoms with van der Waals surface area (Å²) in [7, 11) is -7.66. The molecule has 140 valence electrons. The molecule has 0 N–H and O–H groups in total. The number of alkyl halides is 12. The van der Waals surface area contributed by atoms with Crippen molar-refractivity contribution in [3.8, 4) is 0 Å². The minimum atomic E-state index is -7.71. The molecule has 0 amide bonds. The SMILES string of the molecule is O=S(=O)([O-])C(F)(F)C(F)(F)C(F)(F)C(F)(F)C(F)CC(F)(F)F.[K+]. The minimum absolute atomic E-state index is 0. The summed E-state index contributed by atoms with van der Waals surface area (Å²) in [6, 6.07) is 0. The molecule has 0 radical (unpaired) electrons. The van der Waals surface area contributed by atoms with Gasteiger partial charge >= 0.3 is 80.6 Å². The molecule has 0 rings (SSSR count). The summed E-state index contributed by atoms with van der Waals surface area (Å²) in [5.74, 6) is -22.4. The average Bonchev–Trinajstić information content (AvgIpc) is 2.23. The van der Waals surface area contributed by atoms with Crippen molar-refractivity contribution in [2.24, 2.45) is 0 Å². The molecule has 1 atom stereocenters. The van der Waals surface area contributed by atoms with E-state index in [4.69, 9.17) is 0 Å². The zero-order valence-electron chi connectivity index (χ0n) is 11.0. The molecular formula is C7H3F12KO3S. The summed E-state index contributed by atoms with van der Waals surface area (Å²) in [6.45, 7) is 0. The van der Waals surface area contributed by atoms with Gasteiger partial charge in [-0.15, -0.1) is 0 Å². The molecule has 0 aromatic carbocycles. The molecular weight excluding hydrogens is 431 g/mol. The summed E-state index contributed by atoms with van der Waals surface area (Å²) in [4.78, 5) is 0. The summed E-state index contributed by atoms with van der Waals surface area (Å²) >= 11 is 0. The van der Waals surface area contributed by atoms with Crippen LogP contribution in [0.1, 0.15) is 6.42 Å². The van der Waals surface area contributed by atoms with E-state index in [0.717, 1.165) is 0 Å². The first kappa shape index (κ1) is 26.9. The molecule has 0 saturated carbocycles. The Kier molecular flexibility index (Phi) is 8.28. The number of halogens is 12. The molecule has 0 aromatic heterocycles. The number of hydrogen-bond donors (Lipinski definition) is 0. The van der Waals surface area contributed by atoms with Gasteiger partial charge in [0.05, 0.1) is 6.42 Å². The van der Waals surface area contributed by atoms with E-state index in [1.807, 2.05) is 0 Å². The summed E-state index contributed by atoms with van der Waals surface area (Å²) in [6.07, 6.45) is -14.5. The average molecular weight is 434 g/mol. The van der Waals surface area contributed by atoms with Crippen LogP contribution in [-0.2, 0) is 10.1 Å². The van der Waals surface area contributed by atoms with E-state index < -0.39 is 51.9 Å². The molecule has 0 aromatic rings. The van der Waals surface area contributed by atoms with Gasteiger partial charge in [0.25, 0.3) is 0 Å². The fraction of sp³-hybridized carbons (Fsp3) is 1.00. The quantitative estimate of drug-likeness (QED) is 0.344. The predicted octanol–water partition coefficient (Wildman–Crippen LogP) is 0.325. The van der Waals surface area contributed by atoms with Crippen LogP contribution in [0.3, 0.4) is 0 Å². The Morgan fingerprint density at radius 3 is 1.38 bits per heavy atom. The monoisotopic (exact) mass is 434 g/mol. The Bertz CT molecular complexity index is 541. The van der Waals surface area contributed by atoms with Gasteiger partial charge in [0.2, 0.25) is 0 Å². The Balaban J connectivity index is 0. The fourth-order valence-corrected chi connectivity index (χ4v) is 1.52. The van der Waals surface area contributed by atoms with Gasteiger partial charge in [0.1, 0.15) is 0 Å². The van der Waals surface area contributed by atoms with E-state index in [-0.39, 0.29) is 51.4 Å². The summed E-state index contributed by atoms with van der Waals surface area (Å²) in [5.41, 5.74) is 0. The second-order valence-corrected chi connectivity index (χ2v) is 5.45. The van der Waals surface area contributed by atoms with Gasteiger partial charge in [-0.3, -0.25) is 0 Å². The first-order valence-electron chi connectivity index (χ1n) is 4.80. The van der Waals surface area contributed by atoms with Crippen LogP contribution in [0.4, 0.5) is 52.7 Å². The molecule has 0 heterocycles. The van der Waals surface area contributed by atoms with Crippen LogP contribution >= 0.6 is 0 Å². The van der Waals surface area contributed by atoms with Crippen LogP contribution in [0.2, 0.25) is 0 Å². The molecule has 0 aliphatic carbocycles. The van der Waals surface area contributed by atoms with Crippen molar-refractivity contribution in [2.75, 3.05) is 0 Å². The molecule has 0 aliphatic rings. The molecule has 24 heavy (non-hydrogen) atoms. The first-order valence-corrected chi connectivity index (χ1v) is 6.21. The molecule has 0 bridgehead atoms. The van der Waals surface area contributed by atoms with Crippen LogP contribution in [0.5, 0.6) is 0 Å². The van der Waals surface area contributed by atoms with Crippen LogP contribution in [-0.4, -0.2) is 48.3 Å². The zero-order chi connectivity index (χ0) is 19.3. The van der Waals surface area contributed by atoms with Gasteiger partial charge in [-0.05, 0) is 0 Å². The standard InChI is InChI=1S/C7H4F12O3S.K/c8-2(1-3(9,10)11)4(12,13)5(14,15)6(16,17)7(18,19)23(20,21)22;/h2H,1H2,(H,20,21,22);/q;+1/p-1. The molecule has 1 unspecified atom stereocenters. The predicted molar refractivity (Wildman–Crippen MR) is 45.1 cm³/mol. The minimum Gasteiger partial charge on any atom is -0.743 e. The van der Waals surface area contributed by atoms with E-state index in [1.54, 1.807) is 0 Å². The van der Waals surface area contributed by atoms with Gasteiger partial charge in [-0.1, -0.05) is 0 Å². The van der Waals surface area contributed by atoms with Crippen molar-refractivity contribution in [3.63, 3.8) is 0 Å². The van der Waals surface area contributed by atoms with Crippen LogP contribution < -0.4 is 51.4 Å². The van der Waals surface area contributed by atoms with E-state index in [0.29, 0.717) is 0 Å². The largest absolute Gasteiger partial charge is 1.00 e. The van der Waals surface area contributed by atoms with Crippen molar-refractivity contribution in [2.45, 2.75) is 41.8 Å². The Hall–Kier alpha value is 0.706. The van der Waals surface area contributed by atoms with E-state index >= 15 is 0 Å². The van der Waals surface area contributed by atoms with Gasteiger partial charge in [0, 0.05) is 0 Å². The van der Waals surface area contributed by atoms with Crippen molar-refractivity contribution < 1.29 is 117 Å². The molecule has 0 spiro atoms. The topological polar surface area (TPSA) is 57.2 Å². The Morgan fingerprint density at radius 1 is 0.792 bits per heavy atom. The van der Waals surface area contributed by atoms with Crippen LogP contribution in [0, 0.1) is 0 Å². The van der Waals surface area contributed by atoms with E-state index in [9.17, 15) is 65.7 Å². The second-order valence-electron chi connectivity index (χ2n) is 4.03. The molecule has 0 saturated heterocycles. The molecule has 0 fully saturated rings. The van der Waals surface area contributed by atoms with Gasteiger partial charge in [-0.25, -0.2) is 12.8 Å². The van der Waals surface area contributed by atoms with Crippen molar-refractivity contribution in [1.29, 1.82) is 0 Å². The molecule has 17 heteroatoms. The fourth-order valence-electron chi connectivity index (χ4n) is 1.08. The van der Waals surface area contributed by atoms with Crippen molar-refractivity contribution >= 4 is 10.1 Å². The van der Waals surface area contributed by atoms with Crippen molar-refractivity contribution in [1.82, 2.24) is 0 Å². The third-order valence-electron chi connectivity index (χ3n) is 2.30. The second kappa shape index (κ2) is 7.38. The van der Waals surface area contributed by atoms with E-state index in [2.05, 4.69) is 0 Å². The molecule has 0 aliphatic heterocycles. The van der Waals surface area contributed by atoms with E-state index in [1.165, 1.54) is 0 Å². The maximum atomic E-state index is 12.8. The Labute approximate surface area is 167 Å². The zero-order valence-corrected chi connectivity index (χ0v) is 14.9. The number of rotatable bonds is 6. The van der Waals surface area contributed by atoms with Crippen molar-refractivity contribution in [3.05, 3.63) is 0 Å². The molecule has 3 nitrogen and oxygen atoms in total. The third-order valence-corrected chi connectivity index (χ3v) is 3.18. The maximum absolute atomic E-state index is 12.8. The Morgan fingerprint density at radius 2 is 1.12 bits per heavy atom. The summed E-state index contributed by atoms with van der Waals surface area (Å²) in [5, 5.41) is -7.36. The first-order chi connectivity index (χ1) is 9.63. The summed E-state index contributed by atoms with van der Waals surface area (Å²) < 4.78 is 179. The van der Waals surface area contributed by atoms with Crippen LogP contribution in [0.25, 0.3) is 0 Å². The number of hydrogen-bond acceptors (Lipinski definition) is 3. The maximum Gasteiger partial charge on any atom is 1.00 e. The normalized spacial score (nSPS) is 16.5. The van der Waals surface area contributed by atoms with Gasteiger partial charge < -0.3 is 4.55 Å². The van der Waals surface area contributed by atoms with Crippen LogP contribution in [0.15, 0.2) is 0 Å². The van der Waals surface area contributed by atoms with Gasteiger partial charge in [0.15, 0.2) is 16.3 Å². The van der Waals surface area contributed by atoms with Gasteiger partial charge in [-0.2, -0.15) is 48.3 Å². The smallest absolute Gasteiger partial charge is 0.743 e. The third kappa shape index (κ3) is 4.70.